The Balaban J connectivity index is 1.89. The molecule has 19 heavy (non-hydrogen) atoms. The molecule has 3 N–H and O–H groups in total. The highest BCUT2D eigenvalue weighted by atomic mass is 16.5. The van der Waals surface area contributed by atoms with Crippen molar-refractivity contribution < 1.29 is 4.74 Å². The SMILES string of the molecule is CC(C)C[C@H](N)COc1ccc(-c2cn[nH]c2)nc1. The summed E-state index contributed by atoms with van der Waals surface area (Å²) in [6.45, 7) is 4.83. The van der Waals surface area contributed by atoms with E-state index in [9.17, 15) is 0 Å². The molecule has 0 bridgehead atoms. The van der Waals surface area contributed by atoms with Crippen LogP contribution in [0.5, 0.6) is 5.75 Å². The maximum absolute atomic E-state index is 5.97. The van der Waals surface area contributed by atoms with E-state index in [0.717, 1.165) is 23.4 Å². The summed E-state index contributed by atoms with van der Waals surface area (Å²) in [6.07, 6.45) is 6.22. The average Bonchev–Trinajstić information content (AvgIpc) is 2.90. The molecule has 2 aromatic rings. The summed E-state index contributed by atoms with van der Waals surface area (Å²) >= 11 is 0. The van der Waals surface area contributed by atoms with E-state index < -0.39 is 0 Å². The van der Waals surface area contributed by atoms with Crippen molar-refractivity contribution in [2.24, 2.45) is 11.7 Å². The summed E-state index contributed by atoms with van der Waals surface area (Å²) in [5.41, 5.74) is 7.80. The molecule has 0 aliphatic rings. The zero-order chi connectivity index (χ0) is 13.7. The summed E-state index contributed by atoms with van der Waals surface area (Å²) in [6, 6.07) is 3.87. The van der Waals surface area contributed by atoms with Crippen LogP contribution in [0.2, 0.25) is 0 Å². The summed E-state index contributed by atoms with van der Waals surface area (Å²) in [5.74, 6) is 1.33. The fraction of sp³-hybridized carbons (Fsp3) is 0.429. The highest BCUT2D eigenvalue weighted by molar-refractivity contribution is 5.56. The zero-order valence-corrected chi connectivity index (χ0v) is 11.3. The maximum Gasteiger partial charge on any atom is 0.137 e. The van der Waals surface area contributed by atoms with Gasteiger partial charge in [0.15, 0.2) is 0 Å². The second-order valence-electron chi connectivity index (χ2n) is 5.07. The van der Waals surface area contributed by atoms with Crippen molar-refractivity contribution in [2.45, 2.75) is 26.3 Å². The van der Waals surface area contributed by atoms with E-state index >= 15 is 0 Å². The van der Waals surface area contributed by atoms with Crippen molar-refractivity contribution in [3.8, 4) is 17.0 Å². The summed E-state index contributed by atoms with van der Waals surface area (Å²) < 4.78 is 5.63. The number of pyridine rings is 1. The Labute approximate surface area is 113 Å². The van der Waals surface area contributed by atoms with Crippen molar-refractivity contribution in [1.82, 2.24) is 15.2 Å². The number of nitrogens with zero attached hydrogens (tertiary/aromatic N) is 2. The molecule has 0 fully saturated rings. The average molecular weight is 260 g/mol. The van der Waals surface area contributed by atoms with Crippen LogP contribution in [0.1, 0.15) is 20.3 Å². The van der Waals surface area contributed by atoms with Gasteiger partial charge in [-0.05, 0) is 24.5 Å². The van der Waals surface area contributed by atoms with Crippen LogP contribution >= 0.6 is 0 Å². The lowest BCUT2D eigenvalue weighted by Gasteiger charge is -2.14. The highest BCUT2D eigenvalue weighted by Gasteiger charge is 2.07. The fourth-order valence-electron chi connectivity index (χ4n) is 1.90. The Morgan fingerprint density at radius 1 is 1.32 bits per heavy atom. The molecule has 0 saturated heterocycles. The predicted octanol–water partition coefficient (Wildman–Crippen LogP) is 2.22. The van der Waals surface area contributed by atoms with Crippen LogP contribution in [-0.4, -0.2) is 27.8 Å². The zero-order valence-electron chi connectivity index (χ0n) is 11.3. The topological polar surface area (TPSA) is 76.8 Å². The third kappa shape index (κ3) is 4.06. The molecule has 2 heterocycles. The van der Waals surface area contributed by atoms with E-state index in [2.05, 4.69) is 29.0 Å². The number of nitrogens with two attached hydrogens (primary N) is 1. The van der Waals surface area contributed by atoms with Gasteiger partial charge >= 0.3 is 0 Å². The number of nitrogens with one attached hydrogen (secondary N) is 1. The van der Waals surface area contributed by atoms with Gasteiger partial charge in [0.25, 0.3) is 0 Å². The third-order valence-electron chi connectivity index (χ3n) is 2.77. The van der Waals surface area contributed by atoms with Gasteiger partial charge in [0.2, 0.25) is 0 Å². The number of H-pyrrole nitrogens is 1. The lowest BCUT2D eigenvalue weighted by Crippen LogP contribution is -2.29. The Morgan fingerprint density at radius 2 is 2.16 bits per heavy atom. The van der Waals surface area contributed by atoms with Gasteiger partial charge in [-0.25, -0.2) is 0 Å². The Hall–Kier alpha value is -1.88. The molecule has 0 radical (unpaired) electrons. The van der Waals surface area contributed by atoms with Crippen molar-refractivity contribution in [1.29, 1.82) is 0 Å². The first kappa shape index (κ1) is 13.5. The van der Waals surface area contributed by atoms with Gasteiger partial charge in [-0.2, -0.15) is 5.10 Å². The Bertz CT molecular complexity index is 479. The van der Waals surface area contributed by atoms with Crippen LogP contribution < -0.4 is 10.5 Å². The van der Waals surface area contributed by atoms with Crippen LogP contribution in [-0.2, 0) is 0 Å². The van der Waals surface area contributed by atoms with E-state index in [0.29, 0.717) is 12.5 Å². The molecular weight excluding hydrogens is 240 g/mol. The third-order valence-corrected chi connectivity index (χ3v) is 2.77. The number of ether oxygens (including phenoxy) is 1. The van der Waals surface area contributed by atoms with Crippen LogP contribution in [0.15, 0.2) is 30.7 Å². The van der Waals surface area contributed by atoms with Crippen LogP contribution in [0.3, 0.4) is 0 Å². The molecule has 0 spiro atoms. The number of aromatic nitrogens is 3. The molecule has 0 unspecified atom stereocenters. The quantitative estimate of drug-likeness (QED) is 0.835. The molecule has 102 valence electrons. The minimum Gasteiger partial charge on any atom is -0.490 e. The Morgan fingerprint density at radius 3 is 2.74 bits per heavy atom. The van der Waals surface area contributed by atoms with Gasteiger partial charge in [0, 0.05) is 17.8 Å². The van der Waals surface area contributed by atoms with Crippen molar-refractivity contribution >= 4 is 0 Å². The van der Waals surface area contributed by atoms with E-state index in [1.54, 1.807) is 18.6 Å². The largest absolute Gasteiger partial charge is 0.490 e. The molecule has 5 nitrogen and oxygen atoms in total. The first-order chi connectivity index (χ1) is 9.15. The standard InChI is InChI=1S/C14H20N4O/c1-10(2)5-12(15)9-19-13-3-4-14(16-8-13)11-6-17-18-7-11/h3-4,6-8,10,12H,5,9,15H2,1-2H3,(H,17,18)/t12-/m0/s1. The molecule has 2 rings (SSSR count). The first-order valence-corrected chi connectivity index (χ1v) is 6.48. The molecule has 0 saturated carbocycles. The highest BCUT2D eigenvalue weighted by Crippen LogP contribution is 2.18. The van der Waals surface area contributed by atoms with E-state index in [1.165, 1.54) is 0 Å². The summed E-state index contributed by atoms with van der Waals surface area (Å²) in [4.78, 5) is 4.33. The molecule has 0 aliphatic carbocycles. The van der Waals surface area contributed by atoms with Crippen LogP contribution in [0.25, 0.3) is 11.3 Å². The number of rotatable bonds is 6. The number of aromatic amines is 1. The summed E-state index contributed by atoms with van der Waals surface area (Å²) in [7, 11) is 0. The van der Waals surface area contributed by atoms with E-state index in [1.807, 2.05) is 12.1 Å². The smallest absolute Gasteiger partial charge is 0.137 e. The van der Waals surface area contributed by atoms with Gasteiger partial charge < -0.3 is 10.5 Å². The number of hydrogen-bond donors (Lipinski definition) is 2. The second-order valence-corrected chi connectivity index (χ2v) is 5.07. The molecule has 2 aromatic heterocycles. The van der Waals surface area contributed by atoms with E-state index in [4.69, 9.17) is 10.5 Å². The first-order valence-electron chi connectivity index (χ1n) is 6.48. The Kier molecular flexibility index (Phi) is 4.52. The van der Waals surface area contributed by atoms with Crippen LogP contribution in [0, 0.1) is 5.92 Å². The fourth-order valence-corrected chi connectivity index (χ4v) is 1.90. The summed E-state index contributed by atoms with van der Waals surface area (Å²) in [5, 5.41) is 6.66. The number of hydrogen-bond acceptors (Lipinski definition) is 4. The van der Waals surface area contributed by atoms with Gasteiger partial charge in [-0.3, -0.25) is 10.1 Å². The molecule has 1 atom stereocenters. The van der Waals surface area contributed by atoms with Gasteiger partial charge in [-0.1, -0.05) is 13.8 Å². The lowest BCUT2D eigenvalue weighted by molar-refractivity contribution is 0.270. The van der Waals surface area contributed by atoms with Gasteiger partial charge in [0.1, 0.15) is 12.4 Å². The maximum atomic E-state index is 5.97. The predicted molar refractivity (Wildman–Crippen MR) is 74.7 cm³/mol. The van der Waals surface area contributed by atoms with E-state index in [-0.39, 0.29) is 6.04 Å². The lowest BCUT2D eigenvalue weighted by atomic mass is 10.1. The molecular formula is C14H20N4O. The van der Waals surface area contributed by atoms with Gasteiger partial charge in [-0.15, -0.1) is 0 Å². The monoisotopic (exact) mass is 260 g/mol. The molecule has 0 aliphatic heterocycles. The van der Waals surface area contributed by atoms with Crippen molar-refractivity contribution in [3.63, 3.8) is 0 Å². The molecule has 5 heteroatoms. The normalized spacial score (nSPS) is 12.6. The van der Waals surface area contributed by atoms with Crippen LogP contribution in [0.4, 0.5) is 0 Å². The van der Waals surface area contributed by atoms with Crippen molar-refractivity contribution in [3.05, 3.63) is 30.7 Å². The minimum absolute atomic E-state index is 0.0635. The second kappa shape index (κ2) is 6.33. The minimum atomic E-state index is 0.0635. The van der Waals surface area contributed by atoms with Crippen molar-refractivity contribution in [2.75, 3.05) is 6.61 Å². The molecule has 0 aromatic carbocycles. The molecule has 0 amide bonds. The van der Waals surface area contributed by atoms with Gasteiger partial charge in [0.05, 0.1) is 18.1 Å².